The third kappa shape index (κ3) is 7.24. The van der Waals surface area contributed by atoms with Crippen LogP contribution in [0.3, 0.4) is 0 Å². The summed E-state index contributed by atoms with van der Waals surface area (Å²) in [6.07, 6.45) is 1.000. The third-order valence-corrected chi connectivity index (χ3v) is 5.44. The minimum Gasteiger partial charge on any atom is -0.379 e. The van der Waals surface area contributed by atoms with Gasteiger partial charge in [0.1, 0.15) is 12.4 Å². The van der Waals surface area contributed by atoms with Gasteiger partial charge in [0.15, 0.2) is 11.8 Å². The average Bonchev–Trinajstić information content (AvgIpc) is 3.06. The van der Waals surface area contributed by atoms with Gasteiger partial charge in [0.05, 0.1) is 19.8 Å². The number of hydrogen-bond acceptors (Lipinski definition) is 6. The molecule has 1 fully saturated rings. The maximum absolute atomic E-state index is 12.5. The molecule has 170 valence electrons. The lowest BCUT2D eigenvalue weighted by Gasteiger charge is -2.28. The highest BCUT2D eigenvalue weighted by Gasteiger charge is 2.16. The van der Waals surface area contributed by atoms with Crippen LogP contribution in [0.4, 0.5) is 0 Å². The smallest absolute Gasteiger partial charge is 0.242 e. The summed E-state index contributed by atoms with van der Waals surface area (Å²) >= 11 is 0. The number of likely N-dealkylation sites (N-methyl/N-ethyl adjacent to an activating group) is 2. The quantitative estimate of drug-likeness (QED) is 0.325. The normalized spacial score (nSPS) is 15.3. The Kier molecular flexibility index (Phi) is 10.0. The molecule has 2 heterocycles. The lowest BCUT2D eigenvalue weighted by atomic mass is 10.3. The number of ether oxygens (including phenoxy) is 1. The molecule has 1 saturated heterocycles. The largest absolute Gasteiger partial charge is 0.379 e. The molecule has 1 N–H and O–H groups in total. The number of carbonyl (C=O) groups excluding carboxylic acids is 1. The van der Waals surface area contributed by atoms with Gasteiger partial charge in [-0.05, 0) is 33.7 Å². The minimum atomic E-state index is 0.0971. The van der Waals surface area contributed by atoms with Crippen LogP contribution >= 0.6 is 0 Å². The monoisotopic (exact) mass is 422 g/mol. The molecule has 0 saturated carbocycles. The van der Waals surface area contributed by atoms with Crippen LogP contribution in [0.25, 0.3) is 0 Å². The number of nitrogens with zero attached hydrogens (tertiary/aromatic N) is 7. The summed E-state index contributed by atoms with van der Waals surface area (Å²) in [7, 11) is 3.83. The first-order valence-corrected chi connectivity index (χ1v) is 10.9. The number of aromatic nitrogens is 3. The van der Waals surface area contributed by atoms with Crippen LogP contribution in [0.1, 0.15) is 31.9 Å². The molecule has 1 aromatic heterocycles. The Bertz CT molecular complexity index is 680. The fraction of sp³-hybridized carbons (Fsp3) is 0.800. The van der Waals surface area contributed by atoms with Gasteiger partial charge in [0.25, 0.3) is 0 Å². The number of aliphatic imine (C=N–C) groups is 1. The van der Waals surface area contributed by atoms with Gasteiger partial charge in [-0.25, -0.2) is 4.99 Å². The molecule has 2 rings (SSSR count). The van der Waals surface area contributed by atoms with Crippen molar-refractivity contribution in [1.82, 2.24) is 34.8 Å². The van der Waals surface area contributed by atoms with Crippen LogP contribution in [0, 0.1) is 6.92 Å². The number of morpholine rings is 1. The Labute approximate surface area is 180 Å². The summed E-state index contributed by atoms with van der Waals surface area (Å²) in [6.45, 7) is 13.4. The standard InChI is InChI=1S/C20H38N8O2/c1-6-28(7-2)19(29)16-25(4)20(22-15-18-24-23-17(3)26(18)5)21-9-8-10-27-11-13-30-14-12-27/h6-16H2,1-5H3,(H,21,22). The fourth-order valence-electron chi connectivity index (χ4n) is 3.33. The molecule has 0 aliphatic carbocycles. The Hall–Kier alpha value is -2.20. The van der Waals surface area contributed by atoms with E-state index >= 15 is 0 Å². The number of hydrogen-bond donors (Lipinski definition) is 1. The van der Waals surface area contributed by atoms with Crippen molar-refractivity contribution in [3.63, 3.8) is 0 Å². The zero-order chi connectivity index (χ0) is 21.9. The number of amides is 1. The molecule has 1 aliphatic heterocycles. The Morgan fingerprint density at radius 1 is 1.23 bits per heavy atom. The Balaban J connectivity index is 1.96. The van der Waals surface area contributed by atoms with E-state index in [0.717, 1.165) is 57.5 Å². The molecule has 1 aromatic rings. The highest BCUT2D eigenvalue weighted by molar-refractivity contribution is 5.86. The van der Waals surface area contributed by atoms with Gasteiger partial charge in [-0.2, -0.15) is 0 Å². The SMILES string of the molecule is CCN(CC)C(=O)CN(C)C(=NCc1nnc(C)n1C)NCCCN1CCOCC1. The van der Waals surface area contributed by atoms with Gasteiger partial charge in [-0.15, -0.1) is 10.2 Å². The van der Waals surface area contributed by atoms with Gasteiger partial charge in [-0.1, -0.05) is 0 Å². The molecule has 10 nitrogen and oxygen atoms in total. The van der Waals surface area contributed by atoms with Crippen LogP contribution in [-0.2, 0) is 23.1 Å². The van der Waals surface area contributed by atoms with Crippen molar-refractivity contribution in [2.45, 2.75) is 33.7 Å². The summed E-state index contributed by atoms with van der Waals surface area (Å²) in [6, 6.07) is 0. The number of carbonyl (C=O) groups is 1. The minimum absolute atomic E-state index is 0.0971. The third-order valence-electron chi connectivity index (χ3n) is 5.44. The maximum Gasteiger partial charge on any atom is 0.242 e. The van der Waals surface area contributed by atoms with Gasteiger partial charge in [0.2, 0.25) is 5.91 Å². The zero-order valence-electron chi connectivity index (χ0n) is 19.2. The lowest BCUT2D eigenvalue weighted by molar-refractivity contribution is -0.131. The van der Waals surface area contributed by atoms with Gasteiger partial charge >= 0.3 is 0 Å². The van der Waals surface area contributed by atoms with E-state index in [1.165, 1.54) is 0 Å². The molecular formula is C20H38N8O2. The van der Waals surface area contributed by atoms with Crippen LogP contribution in [0.15, 0.2) is 4.99 Å². The second-order valence-corrected chi connectivity index (χ2v) is 7.52. The molecule has 0 spiro atoms. The summed E-state index contributed by atoms with van der Waals surface area (Å²) in [5, 5.41) is 11.7. The van der Waals surface area contributed by atoms with E-state index < -0.39 is 0 Å². The summed E-state index contributed by atoms with van der Waals surface area (Å²) in [5.41, 5.74) is 0. The van der Waals surface area contributed by atoms with E-state index in [2.05, 4.69) is 20.4 Å². The molecule has 0 unspecified atom stereocenters. The molecule has 0 atom stereocenters. The van der Waals surface area contributed by atoms with Crippen molar-refractivity contribution in [2.24, 2.45) is 12.0 Å². The van der Waals surface area contributed by atoms with Gasteiger partial charge in [0, 0.05) is 46.8 Å². The zero-order valence-corrected chi connectivity index (χ0v) is 19.2. The second kappa shape index (κ2) is 12.5. The highest BCUT2D eigenvalue weighted by Crippen LogP contribution is 2.02. The van der Waals surface area contributed by atoms with E-state index in [1.54, 1.807) is 0 Å². The van der Waals surface area contributed by atoms with Crippen molar-refractivity contribution < 1.29 is 9.53 Å². The Morgan fingerprint density at radius 3 is 2.53 bits per heavy atom. The first kappa shape index (κ1) is 24.1. The molecule has 1 amide bonds. The summed E-state index contributed by atoms with van der Waals surface area (Å²) < 4.78 is 7.33. The van der Waals surface area contributed by atoms with E-state index in [1.807, 2.05) is 49.2 Å². The number of nitrogens with one attached hydrogen (secondary N) is 1. The summed E-state index contributed by atoms with van der Waals surface area (Å²) in [4.78, 5) is 23.4. The molecule has 30 heavy (non-hydrogen) atoms. The van der Waals surface area contributed by atoms with Crippen molar-refractivity contribution in [3.8, 4) is 0 Å². The fourth-order valence-corrected chi connectivity index (χ4v) is 3.33. The number of aryl methyl sites for hydroxylation is 1. The highest BCUT2D eigenvalue weighted by atomic mass is 16.5. The van der Waals surface area contributed by atoms with Crippen molar-refractivity contribution in [1.29, 1.82) is 0 Å². The van der Waals surface area contributed by atoms with Crippen LogP contribution in [0.2, 0.25) is 0 Å². The molecule has 10 heteroatoms. The van der Waals surface area contributed by atoms with Crippen molar-refractivity contribution >= 4 is 11.9 Å². The van der Waals surface area contributed by atoms with Gasteiger partial charge < -0.3 is 24.4 Å². The van der Waals surface area contributed by atoms with Crippen LogP contribution < -0.4 is 5.32 Å². The molecule has 0 bridgehead atoms. The number of rotatable bonds is 10. The van der Waals surface area contributed by atoms with E-state index in [9.17, 15) is 4.79 Å². The van der Waals surface area contributed by atoms with Crippen LogP contribution in [0.5, 0.6) is 0 Å². The van der Waals surface area contributed by atoms with Crippen LogP contribution in [-0.4, -0.2) is 107 Å². The van der Waals surface area contributed by atoms with Crippen molar-refractivity contribution in [2.75, 3.05) is 66.1 Å². The van der Waals surface area contributed by atoms with E-state index in [-0.39, 0.29) is 12.5 Å². The van der Waals surface area contributed by atoms with Gasteiger partial charge in [-0.3, -0.25) is 9.69 Å². The first-order chi connectivity index (χ1) is 14.5. The first-order valence-electron chi connectivity index (χ1n) is 10.9. The lowest BCUT2D eigenvalue weighted by Crippen LogP contribution is -2.46. The predicted octanol–water partition coefficient (Wildman–Crippen LogP) is 0.0916. The Morgan fingerprint density at radius 2 is 1.93 bits per heavy atom. The molecule has 0 aromatic carbocycles. The average molecular weight is 423 g/mol. The van der Waals surface area contributed by atoms with E-state index in [0.29, 0.717) is 25.6 Å². The predicted molar refractivity (Wildman–Crippen MR) is 117 cm³/mol. The topological polar surface area (TPSA) is 91.1 Å². The van der Waals surface area contributed by atoms with E-state index in [4.69, 9.17) is 9.73 Å². The molecular weight excluding hydrogens is 384 g/mol. The van der Waals surface area contributed by atoms with Crippen molar-refractivity contribution in [3.05, 3.63) is 11.6 Å². The molecule has 0 radical (unpaired) electrons. The molecule has 1 aliphatic rings. The number of guanidine groups is 1. The summed E-state index contributed by atoms with van der Waals surface area (Å²) in [5.74, 6) is 2.45. The second-order valence-electron chi connectivity index (χ2n) is 7.52. The maximum atomic E-state index is 12.5.